The van der Waals surface area contributed by atoms with Gasteiger partial charge in [0.15, 0.2) is 5.69 Å². The standard InChI is InChI=1S/C15H21F3N4O4S/c16-15(17,18)13-9-14(23)20(11-19-13)10-12-1-3-21(4-2-12)27(24,25)22-5-7-26-8-6-22/h9,11-12H,1-8,10H2. The molecule has 2 aliphatic heterocycles. The molecular formula is C15H21F3N4O4S. The first-order valence-corrected chi connectivity index (χ1v) is 10.0. The van der Waals surface area contributed by atoms with Crippen molar-refractivity contribution in [1.29, 1.82) is 0 Å². The van der Waals surface area contributed by atoms with Gasteiger partial charge in [-0.25, -0.2) is 4.98 Å². The molecule has 0 aromatic carbocycles. The summed E-state index contributed by atoms with van der Waals surface area (Å²) in [6.07, 6.45) is -2.70. The predicted molar refractivity (Wildman–Crippen MR) is 89.1 cm³/mol. The maximum Gasteiger partial charge on any atom is 0.433 e. The van der Waals surface area contributed by atoms with E-state index in [9.17, 15) is 26.4 Å². The smallest absolute Gasteiger partial charge is 0.379 e. The summed E-state index contributed by atoms with van der Waals surface area (Å²) in [6.45, 7) is 2.25. The van der Waals surface area contributed by atoms with Crippen LogP contribution in [0.1, 0.15) is 18.5 Å². The van der Waals surface area contributed by atoms with Crippen molar-refractivity contribution < 1.29 is 26.3 Å². The van der Waals surface area contributed by atoms with Crippen molar-refractivity contribution in [2.75, 3.05) is 39.4 Å². The molecule has 0 amide bonds. The average molecular weight is 410 g/mol. The van der Waals surface area contributed by atoms with Gasteiger partial charge in [-0.1, -0.05) is 0 Å². The Hall–Kier alpha value is -1.50. The number of ether oxygens (including phenoxy) is 1. The SMILES string of the molecule is O=c1cc(C(F)(F)F)ncn1CC1CCN(S(=O)(=O)N2CCOCC2)CC1. The molecule has 0 radical (unpaired) electrons. The highest BCUT2D eigenvalue weighted by Gasteiger charge is 2.35. The van der Waals surface area contributed by atoms with E-state index in [1.165, 1.54) is 8.61 Å². The summed E-state index contributed by atoms with van der Waals surface area (Å²) in [4.78, 5) is 15.2. The molecule has 2 aliphatic rings. The Kier molecular flexibility index (Phi) is 5.89. The highest BCUT2D eigenvalue weighted by Crippen LogP contribution is 2.26. The Morgan fingerprint density at radius 2 is 1.70 bits per heavy atom. The minimum atomic E-state index is -4.66. The van der Waals surface area contributed by atoms with E-state index in [0.717, 1.165) is 10.9 Å². The third-order valence-corrected chi connectivity index (χ3v) is 6.86. The van der Waals surface area contributed by atoms with Gasteiger partial charge < -0.3 is 4.74 Å². The van der Waals surface area contributed by atoms with Crippen LogP contribution in [-0.4, -0.2) is 66.0 Å². The second-order valence-electron chi connectivity index (χ2n) is 6.62. The summed E-state index contributed by atoms with van der Waals surface area (Å²) in [5, 5.41) is 0. The van der Waals surface area contributed by atoms with Crippen molar-refractivity contribution in [2.45, 2.75) is 25.6 Å². The van der Waals surface area contributed by atoms with Crippen LogP contribution in [0, 0.1) is 5.92 Å². The molecule has 0 saturated carbocycles. The summed E-state index contributed by atoms with van der Waals surface area (Å²) in [5.74, 6) is -0.00243. The molecule has 1 aromatic heterocycles. The Bertz CT molecular complexity index is 813. The van der Waals surface area contributed by atoms with Crippen molar-refractivity contribution in [3.8, 4) is 0 Å². The minimum absolute atomic E-state index is 0.00243. The zero-order chi connectivity index (χ0) is 19.7. The molecule has 0 aliphatic carbocycles. The average Bonchev–Trinajstić information content (AvgIpc) is 2.64. The first-order valence-electron chi connectivity index (χ1n) is 8.64. The second kappa shape index (κ2) is 7.86. The first kappa shape index (κ1) is 20.2. The lowest BCUT2D eigenvalue weighted by molar-refractivity contribution is -0.141. The van der Waals surface area contributed by atoms with E-state index in [1.54, 1.807) is 0 Å². The molecule has 3 rings (SSSR count). The molecule has 0 spiro atoms. The number of hydrogen-bond donors (Lipinski definition) is 0. The molecule has 1 aromatic rings. The van der Waals surface area contributed by atoms with Crippen LogP contribution in [-0.2, 0) is 27.7 Å². The first-order chi connectivity index (χ1) is 12.7. The highest BCUT2D eigenvalue weighted by molar-refractivity contribution is 7.86. The lowest BCUT2D eigenvalue weighted by atomic mass is 9.98. The summed E-state index contributed by atoms with van der Waals surface area (Å²) < 4.78 is 72.1. The zero-order valence-corrected chi connectivity index (χ0v) is 15.4. The van der Waals surface area contributed by atoms with Gasteiger partial charge in [-0.2, -0.15) is 30.2 Å². The highest BCUT2D eigenvalue weighted by atomic mass is 32.2. The van der Waals surface area contributed by atoms with E-state index in [4.69, 9.17) is 4.74 Å². The number of halogens is 3. The number of piperidine rings is 1. The van der Waals surface area contributed by atoms with Crippen molar-refractivity contribution in [2.24, 2.45) is 5.92 Å². The van der Waals surface area contributed by atoms with E-state index in [-0.39, 0.29) is 12.5 Å². The van der Waals surface area contributed by atoms with E-state index in [0.29, 0.717) is 58.3 Å². The molecule has 3 heterocycles. The van der Waals surface area contributed by atoms with Gasteiger partial charge in [0.25, 0.3) is 15.8 Å². The number of hydrogen-bond acceptors (Lipinski definition) is 5. The fraction of sp³-hybridized carbons (Fsp3) is 0.733. The van der Waals surface area contributed by atoms with Crippen molar-refractivity contribution in [3.63, 3.8) is 0 Å². The van der Waals surface area contributed by atoms with Gasteiger partial charge in [0.2, 0.25) is 0 Å². The third kappa shape index (κ3) is 4.68. The molecule has 12 heteroatoms. The Labute approximate surface area is 154 Å². The monoisotopic (exact) mass is 410 g/mol. The molecule has 8 nitrogen and oxygen atoms in total. The van der Waals surface area contributed by atoms with E-state index < -0.39 is 27.6 Å². The van der Waals surface area contributed by atoms with Crippen LogP contribution in [0.3, 0.4) is 0 Å². The number of morpholine rings is 1. The lowest BCUT2D eigenvalue weighted by Crippen LogP contribution is -2.51. The number of alkyl halides is 3. The molecule has 0 unspecified atom stereocenters. The van der Waals surface area contributed by atoms with Gasteiger partial charge in [0.1, 0.15) is 0 Å². The van der Waals surface area contributed by atoms with E-state index >= 15 is 0 Å². The fourth-order valence-corrected chi connectivity index (χ4v) is 4.87. The van der Waals surface area contributed by atoms with E-state index in [2.05, 4.69) is 4.98 Å². The third-order valence-electron chi connectivity index (χ3n) is 4.82. The summed E-state index contributed by atoms with van der Waals surface area (Å²) >= 11 is 0. The molecule has 27 heavy (non-hydrogen) atoms. The van der Waals surface area contributed by atoms with E-state index in [1.807, 2.05) is 0 Å². The normalized spacial score (nSPS) is 21.4. The zero-order valence-electron chi connectivity index (χ0n) is 14.6. The molecule has 0 bridgehead atoms. The summed E-state index contributed by atoms with van der Waals surface area (Å²) in [5.41, 5.74) is -1.98. The van der Waals surface area contributed by atoms with Gasteiger partial charge in [0.05, 0.1) is 19.5 Å². The molecule has 152 valence electrons. The van der Waals surface area contributed by atoms with Crippen LogP contribution >= 0.6 is 0 Å². The summed E-state index contributed by atoms with van der Waals surface area (Å²) in [7, 11) is -3.53. The molecule has 2 fully saturated rings. The van der Waals surface area contributed by atoms with Crippen molar-refractivity contribution in [3.05, 3.63) is 28.4 Å². The minimum Gasteiger partial charge on any atom is -0.379 e. The van der Waals surface area contributed by atoms with Crippen LogP contribution in [0.25, 0.3) is 0 Å². The van der Waals surface area contributed by atoms with Gasteiger partial charge >= 0.3 is 6.18 Å². The maximum atomic E-state index is 12.6. The lowest BCUT2D eigenvalue weighted by Gasteiger charge is -2.36. The van der Waals surface area contributed by atoms with Crippen LogP contribution in [0.15, 0.2) is 17.2 Å². The number of aromatic nitrogens is 2. The topological polar surface area (TPSA) is 84.7 Å². The number of nitrogens with zero attached hydrogens (tertiary/aromatic N) is 4. The molecule has 0 N–H and O–H groups in total. The Morgan fingerprint density at radius 1 is 1.11 bits per heavy atom. The largest absolute Gasteiger partial charge is 0.433 e. The van der Waals surface area contributed by atoms with Crippen LogP contribution in [0.4, 0.5) is 13.2 Å². The Balaban J connectivity index is 1.59. The maximum absolute atomic E-state index is 12.6. The predicted octanol–water partition coefficient (Wildman–Crippen LogP) is 0.551. The molecule has 2 saturated heterocycles. The van der Waals surface area contributed by atoms with Crippen molar-refractivity contribution >= 4 is 10.2 Å². The quantitative estimate of drug-likeness (QED) is 0.724. The van der Waals surface area contributed by atoms with Crippen LogP contribution in [0.5, 0.6) is 0 Å². The fourth-order valence-electron chi connectivity index (χ4n) is 3.26. The van der Waals surface area contributed by atoms with Gasteiger partial charge in [0, 0.05) is 38.8 Å². The number of rotatable bonds is 4. The van der Waals surface area contributed by atoms with Gasteiger partial charge in [-0.15, -0.1) is 0 Å². The van der Waals surface area contributed by atoms with Crippen molar-refractivity contribution in [1.82, 2.24) is 18.2 Å². The Morgan fingerprint density at radius 3 is 2.26 bits per heavy atom. The van der Waals surface area contributed by atoms with Crippen LogP contribution in [0.2, 0.25) is 0 Å². The molecular weight excluding hydrogens is 389 g/mol. The van der Waals surface area contributed by atoms with Gasteiger partial charge in [-0.3, -0.25) is 9.36 Å². The van der Waals surface area contributed by atoms with Gasteiger partial charge in [-0.05, 0) is 18.8 Å². The molecule has 0 atom stereocenters. The second-order valence-corrected chi connectivity index (χ2v) is 8.55. The van der Waals surface area contributed by atoms with Crippen LogP contribution < -0.4 is 5.56 Å². The summed E-state index contributed by atoms with van der Waals surface area (Å²) in [6, 6.07) is 0.484.